The van der Waals surface area contributed by atoms with Crippen LogP contribution in [-0.4, -0.2) is 25.2 Å². The molecule has 0 fully saturated rings. The van der Waals surface area contributed by atoms with E-state index < -0.39 is 0 Å². The summed E-state index contributed by atoms with van der Waals surface area (Å²) in [5.74, 6) is 0.358. The molecule has 0 radical (unpaired) electrons. The third-order valence-corrected chi connectivity index (χ3v) is 2.86. The smallest absolute Gasteiger partial charge is 0.251 e. The van der Waals surface area contributed by atoms with E-state index in [-0.39, 0.29) is 11.7 Å². The average Bonchev–Trinajstić information content (AvgIpc) is 2.46. The first-order chi connectivity index (χ1) is 9.15. The molecule has 0 saturated carbocycles. The summed E-state index contributed by atoms with van der Waals surface area (Å²) in [5, 5.41) is 12.4. The molecule has 4 nitrogen and oxygen atoms in total. The lowest BCUT2D eigenvalue weighted by Crippen LogP contribution is -2.17. The molecule has 0 aromatic heterocycles. The first kappa shape index (κ1) is 13.0. The number of amides is 1. The summed E-state index contributed by atoms with van der Waals surface area (Å²) in [6.45, 7) is 0. The normalized spacial score (nSPS) is 10.0. The first-order valence-electron chi connectivity index (χ1n) is 5.85. The zero-order chi connectivity index (χ0) is 13.8. The Morgan fingerprint density at radius 2 is 1.89 bits per heavy atom. The summed E-state index contributed by atoms with van der Waals surface area (Å²) in [6, 6.07) is 12.3. The van der Waals surface area contributed by atoms with Gasteiger partial charge >= 0.3 is 0 Å². The fourth-order valence-electron chi connectivity index (χ4n) is 1.85. The number of carbonyl (C=O) groups excluding carboxylic acids is 1. The largest absolute Gasteiger partial charge is 0.504 e. The van der Waals surface area contributed by atoms with Gasteiger partial charge in [-0.25, -0.2) is 0 Å². The lowest BCUT2D eigenvalue weighted by atomic mass is 10.0. The minimum Gasteiger partial charge on any atom is -0.504 e. The molecule has 2 aromatic rings. The van der Waals surface area contributed by atoms with Crippen LogP contribution < -0.4 is 10.1 Å². The molecule has 0 atom stereocenters. The van der Waals surface area contributed by atoms with Crippen LogP contribution in [0, 0.1) is 0 Å². The summed E-state index contributed by atoms with van der Waals surface area (Å²) in [5.41, 5.74) is 2.26. The van der Waals surface area contributed by atoms with Crippen molar-refractivity contribution < 1.29 is 14.6 Å². The van der Waals surface area contributed by atoms with Crippen LogP contribution >= 0.6 is 0 Å². The Hall–Kier alpha value is -2.49. The monoisotopic (exact) mass is 257 g/mol. The molecule has 0 unspecified atom stereocenters. The van der Waals surface area contributed by atoms with Gasteiger partial charge in [0.15, 0.2) is 11.5 Å². The summed E-state index contributed by atoms with van der Waals surface area (Å²) >= 11 is 0. The van der Waals surface area contributed by atoms with Crippen LogP contribution in [0.2, 0.25) is 0 Å². The van der Waals surface area contributed by atoms with Crippen molar-refractivity contribution in [3.8, 4) is 22.6 Å². The van der Waals surface area contributed by atoms with Crippen LogP contribution in [0.4, 0.5) is 0 Å². The van der Waals surface area contributed by atoms with E-state index >= 15 is 0 Å². The number of aromatic hydroxyl groups is 1. The highest BCUT2D eigenvalue weighted by atomic mass is 16.5. The van der Waals surface area contributed by atoms with Crippen molar-refractivity contribution in [3.05, 3.63) is 48.0 Å². The second kappa shape index (κ2) is 5.44. The Morgan fingerprint density at radius 1 is 1.16 bits per heavy atom. The van der Waals surface area contributed by atoms with Crippen LogP contribution in [0.5, 0.6) is 11.5 Å². The van der Waals surface area contributed by atoms with Crippen molar-refractivity contribution in [3.63, 3.8) is 0 Å². The molecular weight excluding hydrogens is 242 g/mol. The van der Waals surface area contributed by atoms with Gasteiger partial charge in [-0.15, -0.1) is 0 Å². The number of benzene rings is 2. The number of phenols is 1. The van der Waals surface area contributed by atoms with Crippen molar-refractivity contribution in [2.24, 2.45) is 0 Å². The number of ether oxygens (including phenoxy) is 1. The van der Waals surface area contributed by atoms with Crippen LogP contribution in [0.25, 0.3) is 11.1 Å². The second-order valence-corrected chi connectivity index (χ2v) is 4.05. The Morgan fingerprint density at radius 3 is 2.53 bits per heavy atom. The van der Waals surface area contributed by atoms with Crippen LogP contribution in [0.15, 0.2) is 42.5 Å². The second-order valence-electron chi connectivity index (χ2n) is 4.05. The molecule has 4 heteroatoms. The van der Waals surface area contributed by atoms with Crippen molar-refractivity contribution in [1.82, 2.24) is 5.32 Å². The fourth-order valence-corrected chi connectivity index (χ4v) is 1.85. The first-order valence-corrected chi connectivity index (χ1v) is 5.85. The van der Waals surface area contributed by atoms with Gasteiger partial charge in [0, 0.05) is 12.6 Å². The predicted octanol–water partition coefficient (Wildman–Crippen LogP) is 2.43. The molecule has 2 aromatic carbocycles. The maximum absolute atomic E-state index is 11.6. The molecule has 0 aliphatic heterocycles. The molecule has 98 valence electrons. The van der Waals surface area contributed by atoms with Gasteiger partial charge in [-0.1, -0.05) is 18.2 Å². The van der Waals surface area contributed by atoms with Crippen molar-refractivity contribution in [2.45, 2.75) is 0 Å². The number of hydrogen-bond acceptors (Lipinski definition) is 3. The highest BCUT2D eigenvalue weighted by molar-refractivity contribution is 5.95. The predicted molar refractivity (Wildman–Crippen MR) is 73.5 cm³/mol. The van der Waals surface area contributed by atoms with E-state index in [2.05, 4.69) is 5.32 Å². The van der Waals surface area contributed by atoms with E-state index in [9.17, 15) is 9.90 Å². The number of rotatable bonds is 3. The Labute approximate surface area is 111 Å². The maximum atomic E-state index is 11.6. The van der Waals surface area contributed by atoms with Gasteiger partial charge in [-0.3, -0.25) is 4.79 Å². The third-order valence-electron chi connectivity index (χ3n) is 2.86. The van der Waals surface area contributed by atoms with E-state index in [1.54, 1.807) is 37.4 Å². The van der Waals surface area contributed by atoms with Crippen LogP contribution in [0.1, 0.15) is 10.4 Å². The number of phenolic OH excluding ortho intramolecular Hbond substituents is 1. The molecule has 0 spiro atoms. The van der Waals surface area contributed by atoms with E-state index in [4.69, 9.17) is 4.74 Å². The molecule has 1 amide bonds. The van der Waals surface area contributed by atoms with Gasteiger partial charge in [0.25, 0.3) is 5.91 Å². The van der Waals surface area contributed by atoms with Gasteiger partial charge in [0.1, 0.15) is 0 Å². The Kier molecular flexibility index (Phi) is 3.71. The summed E-state index contributed by atoms with van der Waals surface area (Å²) < 4.78 is 5.00. The van der Waals surface area contributed by atoms with Crippen molar-refractivity contribution in [1.29, 1.82) is 0 Å². The molecule has 0 heterocycles. The van der Waals surface area contributed by atoms with E-state index in [0.29, 0.717) is 11.3 Å². The molecule has 2 rings (SSSR count). The van der Waals surface area contributed by atoms with Gasteiger partial charge in [-0.05, 0) is 35.4 Å². The molecular formula is C15H15NO3. The highest BCUT2D eigenvalue weighted by Crippen LogP contribution is 2.31. The summed E-state index contributed by atoms with van der Waals surface area (Å²) in [4.78, 5) is 11.6. The zero-order valence-electron chi connectivity index (χ0n) is 10.8. The standard InChI is InChI=1S/C15H15NO3/c1-16-15(18)12-5-3-4-10(8-12)11-6-7-14(19-2)13(17)9-11/h3-9,17H,1-2H3,(H,16,18). The van der Waals surface area contributed by atoms with E-state index in [1.165, 1.54) is 7.11 Å². The van der Waals surface area contributed by atoms with Crippen molar-refractivity contribution >= 4 is 5.91 Å². The van der Waals surface area contributed by atoms with Gasteiger partial charge in [-0.2, -0.15) is 0 Å². The van der Waals surface area contributed by atoms with Gasteiger partial charge < -0.3 is 15.2 Å². The van der Waals surface area contributed by atoms with Crippen molar-refractivity contribution in [2.75, 3.05) is 14.2 Å². The Balaban J connectivity index is 2.41. The topological polar surface area (TPSA) is 58.6 Å². The summed E-state index contributed by atoms with van der Waals surface area (Å²) in [7, 11) is 3.09. The molecule has 0 saturated heterocycles. The van der Waals surface area contributed by atoms with Crippen LogP contribution in [-0.2, 0) is 0 Å². The summed E-state index contributed by atoms with van der Waals surface area (Å²) in [6.07, 6.45) is 0. The molecule has 0 bridgehead atoms. The lowest BCUT2D eigenvalue weighted by molar-refractivity contribution is 0.0963. The molecule has 19 heavy (non-hydrogen) atoms. The van der Waals surface area contributed by atoms with Crippen LogP contribution in [0.3, 0.4) is 0 Å². The quantitative estimate of drug-likeness (QED) is 0.887. The van der Waals surface area contributed by atoms with Gasteiger partial charge in [0.2, 0.25) is 0 Å². The molecule has 0 aliphatic rings. The maximum Gasteiger partial charge on any atom is 0.251 e. The number of nitrogens with one attached hydrogen (secondary N) is 1. The van der Waals surface area contributed by atoms with E-state index in [0.717, 1.165) is 11.1 Å². The minimum absolute atomic E-state index is 0.0744. The lowest BCUT2D eigenvalue weighted by Gasteiger charge is -2.08. The SMILES string of the molecule is CNC(=O)c1cccc(-c2ccc(OC)c(O)c2)c1. The van der Waals surface area contributed by atoms with Gasteiger partial charge in [0.05, 0.1) is 7.11 Å². The highest BCUT2D eigenvalue weighted by Gasteiger charge is 2.07. The fraction of sp³-hybridized carbons (Fsp3) is 0.133. The average molecular weight is 257 g/mol. The Bertz CT molecular complexity index is 608. The third kappa shape index (κ3) is 2.68. The molecule has 2 N–H and O–H groups in total. The van der Waals surface area contributed by atoms with E-state index in [1.807, 2.05) is 12.1 Å². The number of carbonyl (C=O) groups is 1. The zero-order valence-corrected chi connectivity index (χ0v) is 10.8. The number of hydrogen-bond donors (Lipinski definition) is 2. The number of methoxy groups -OCH3 is 1. The minimum atomic E-state index is -0.139. The molecule has 0 aliphatic carbocycles.